The van der Waals surface area contributed by atoms with Gasteiger partial charge in [0.25, 0.3) is 5.56 Å². The molecule has 0 atom stereocenters. The van der Waals surface area contributed by atoms with Gasteiger partial charge in [0.05, 0.1) is 13.0 Å². The first-order valence-corrected chi connectivity index (χ1v) is 7.32. The third kappa shape index (κ3) is 2.31. The molecule has 0 radical (unpaired) electrons. The molecular formula is C14H21N5O2. The van der Waals surface area contributed by atoms with Gasteiger partial charge in [-0.15, -0.1) is 0 Å². The lowest BCUT2D eigenvalue weighted by molar-refractivity contribution is 0.156. The van der Waals surface area contributed by atoms with Gasteiger partial charge < -0.3 is 4.57 Å². The van der Waals surface area contributed by atoms with Crippen molar-refractivity contribution in [1.29, 1.82) is 0 Å². The highest BCUT2D eigenvalue weighted by atomic mass is 16.2. The fourth-order valence-corrected chi connectivity index (χ4v) is 2.92. The molecule has 2 aromatic heterocycles. The smallest absolute Gasteiger partial charge is 0.311 e. The maximum atomic E-state index is 12.3. The number of likely N-dealkylation sites (tertiary alicyclic amines) is 1. The fraction of sp³-hybridized carbons (Fsp3) is 0.643. The van der Waals surface area contributed by atoms with E-state index in [9.17, 15) is 9.59 Å². The number of nitrogens with zero attached hydrogens (tertiary/aromatic N) is 5. The normalized spacial score (nSPS) is 17.7. The van der Waals surface area contributed by atoms with Crippen molar-refractivity contribution in [2.75, 3.05) is 13.1 Å². The molecule has 3 rings (SSSR count). The Hall–Kier alpha value is -1.89. The maximum absolute atomic E-state index is 12.3. The van der Waals surface area contributed by atoms with Crippen LogP contribution in [-0.2, 0) is 20.8 Å². The van der Waals surface area contributed by atoms with E-state index < -0.39 is 0 Å². The average Bonchev–Trinajstić information content (AvgIpc) is 2.89. The van der Waals surface area contributed by atoms with Crippen molar-refractivity contribution in [3.05, 3.63) is 27.2 Å². The Labute approximate surface area is 122 Å². The summed E-state index contributed by atoms with van der Waals surface area (Å²) in [6.07, 6.45) is 4.02. The molecule has 0 aliphatic carbocycles. The van der Waals surface area contributed by atoms with Crippen molar-refractivity contribution in [1.82, 2.24) is 23.6 Å². The Bertz CT molecular complexity index is 777. The van der Waals surface area contributed by atoms with Crippen molar-refractivity contribution >= 4 is 11.2 Å². The summed E-state index contributed by atoms with van der Waals surface area (Å²) < 4.78 is 4.41. The summed E-state index contributed by atoms with van der Waals surface area (Å²) in [5, 5.41) is 0. The molecule has 1 aliphatic rings. The number of piperidine rings is 1. The zero-order chi connectivity index (χ0) is 15.1. The van der Waals surface area contributed by atoms with Crippen LogP contribution in [0.3, 0.4) is 0 Å². The summed E-state index contributed by atoms with van der Waals surface area (Å²) >= 11 is 0. The molecule has 114 valence electrons. The maximum Gasteiger partial charge on any atom is 0.332 e. The second-order valence-corrected chi connectivity index (χ2v) is 6.03. The lowest BCUT2D eigenvalue weighted by atomic mass is 10.00. The van der Waals surface area contributed by atoms with Crippen molar-refractivity contribution < 1.29 is 0 Å². The third-order valence-electron chi connectivity index (χ3n) is 4.45. The summed E-state index contributed by atoms with van der Waals surface area (Å²) in [7, 11) is 3.15. The summed E-state index contributed by atoms with van der Waals surface area (Å²) in [5.41, 5.74) is 0.326. The van der Waals surface area contributed by atoms with Crippen molar-refractivity contribution in [3.8, 4) is 0 Å². The van der Waals surface area contributed by atoms with E-state index in [1.54, 1.807) is 13.4 Å². The van der Waals surface area contributed by atoms with E-state index in [-0.39, 0.29) is 11.2 Å². The molecule has 3 heterocycles. The van der Waals surface area contributed by atoms with Crippen LogP contribution in [0.1, 0.15) is 19.8 Å². The molecule has 1 saturated heterocycles. The first-order valence-electron chi connectivity index (χ1n) is 7.32. The SMILES string of the molecule is CC1CCN(Cn2cnc3c2c(=O)n(C)c(=O)n3C)CC1. The highest BCUT2D eigenvalue weighted by Gasteiger charge is 2.19. The number of fused-ring (bicyclic) bond motifs is 1. The Balaban J connectivity index is 2.01. The highest BCUT2D eigenvalue weighted by molar-refractivity contribution is 5.69. The molecule has 0 spiro atoms. The van der Waals surface area contributed by atoms with E-state index in [1.165, 1.54) is 24.5 Å². The Morgan fingerprint density at radius 2 is 1.86 bits per heavy atom. The Kier molecular flexibility index (Phi) is 3.44. The number of hydrogen-bond donors (Lipinski definition) is 0. The minimum atomic E-state index is -0.343. The zero-order valence-corrected chi connectivity index (χ0v) is 12.7. The van der Waals surface area contributed by atoms with E-state index in [0.29, 0.717) is 17.8 Å². The Morgan fingerprint density at radius 3 is 2.52 bits per heavy atom. The number of hydrogen-bond acceptors (Lipinski definition) is 4. The minimum absolute atomic E-state index is 0.282. The molecule has 0 aromatic carbocycles. The van der Waals surface area contributed by atoms with Crippen LogP contribution in [0.15, 0.2) is 15.9 Å². The molecule has 0 amide bonds. The van der Waals surface area contributed by atoms with Gasteiger partial charge in [0.1, 0.15) is 0 Å². The molecule has 7 heteroatoms. The molecular weight excluding hydrogens is 270 g/mol. The average molecular weight is 291 g/mol. The van der Waals surface area contributed by atoms with Gasteiger partial charge in [-0.25, -0.2) is 9.78 Å². The fourth-order valence-electron chi connectivity index (χ4n) is 2.92. The van der Waals surface area contributed by atoms with Gasteiger partial charge in [0.15, 0.2) is 11.2 Å². The number of rotatable bonds is 2. The van der Waals surface area contributed by atoms with Gasteiger partial charge in [0.2, 0.25) is 0 Å². The van der Waals surface area contributed by atoms with E-state index >= 15 is 0 Å². The molecule has 0 unspecified atom stereocenters. The van der Waals surface area contributed by atoms with E-state index in [2.05, 4.69) is 16.8 Å². The van der Waals surface area contributed by atoms with Gasteiger partial charge in [-0.3, -0.25) is 18.8 Å². The molecule has 2 aromatic rings. The third-order valence-corrected chi connectivity index (χ3v) is 4.45. The molecule has 1 fully saturated rings. The second-order valence-electron chi connectivity index (χ2n) is 6.03. The van der Waals surface area contributed by atoms with Crippen LogP contribution >= 0.6 is 0 Å². The monoisotopic (exact) mass is 291 g/mol. The predicted molar refractivity (Wildman–Crippen MR) is 80.2 cm³/mol. The summed E-state index contributed by atoms with van der Waals surface area (Å²) in [4.78, 5) is 30.8. The van der Waals surface area contributed by atoms with Gasteiger partial charge in [0, 0.05) is 27.2 Å². The van der Waals surface area contributed by atoms with Crippen LogP contribution in [0.25, 0.3) is 11.2 Å². The predicted octanol–water partition coefficient (Wildman–Crippen LogP) is 0.123. The van der Waals surface area contributed by atoms with Gasteiger partial charge >= 0.3 is 5.69 Å². The lowest BCUT2D eigenvalue weighted by Gasteiger charge is -2.30. The van der Waals surface area contributed by atoms with Gasteiger partial charge in [-0.2, -0.15) is 0 Å². The van der Waals surface area contributed by atoms with Crippen molar-refractivity contribution in [3.63, 3.8) is 0 Å². The quantitative estimate of drug-likeness (QED) is 0.788. The molecule has 7 nitrogen and oxygen atoms in total. The minimum Gasteiger partial charge on any atom is -0.311 e. The first-order chi connectivity index (χ1) is 9.99. The van der Waals surface area contributed by atoms with Crippen LogP contribution in [0, 0.1) is 5.92 Å². The highest BCUT2D eigenvalue weighted by Crippen LogP contribution is 2.17. The summed E-state index contributed by atoms with van der Waals surface area (Å²) in [6, 6.07) is 0. The van der Waals surface area contributed by atoms with Crippen LogP contribution in [0.4, 0.5) is 0 Å². The Morgan fingerprint density at radius 1 is 1.19 bits per heavy atom. The standard InChI is InChI=1S/C14H21N5O2/c1-10-4-6-18(7-5-10)9-19-8-15-12-11(19)13(20)17(3)14(21)16(12)2/h8,10H,4-7,9H2,1-3H3. The molecule has 0 N–H and O–H groups in total. The zero-order valence-electron chi connectivity index (χ0n) is 12.7. The van der Waals surface area contributed by atoms with E-state index in [4.69, 9.17) is 0 Å². The van der Waals surface area contributed by atoms with E-state index in [0.717, 1.165) is 23.6 Å². The van der Waals surface area contributed by atoms with Gasteiger partial charge in [-0.05, 0) is 18.8 Å². The summed E-state index contributed by atoms with van der Waals surface area (Å²) in [6.45, 7) is 4.99. The number of aromatic nitrogens is 4. The molecule has 0 bridgehead atoms. The van der Waals surface area contributed by atoms with Crippen LogP contribution in [0.2, 0.25) is 0 Å². The molecule has 0 saturated carbocycles. The van der Waals surface area contributed by atoms with Crippen LogP contribution in [-0.4, -0.2) is 36.7 Å². The van der Waals surface area contributed by atoms with Crippen LogP contribution < -0.4 is 11.2 Å². The number of imidazole rings is 1. The second kappa shape index (κ2) is 5.14. The molecule has 21 heavy (non-hydrogen) atoms. The van der Waals surface area contributed by atoms with E-state index in [1.807, 2.05) is 4.57 Å². The number of aryl methyl sites for hydroxylation is 1. The largest absolute Gasteiger partial charge is 0.332 e. The lowest BCUT2D eigenvalue weighted by Crippen LogP contribution is -2.39. The molecule has 1 aliphatic heterocycles. The van der Waals surface area contributed by atoms with Crippen molar-refractivity contribution in [2.45, 2.75) is 26.4 Å². The van der Waals surface area contributed by atoms with Crippen molar-refractivity contribution in [2.24, 2.45) is 20.0 Å². The first kappa shape index (κ1) is 14.1. The van der Waals surface area contributed by atoms with Crippen LogP contribution in [0.5, 0.6) is 0 Å². The topological polar surface area (TPSA) is 65.1 Å². The summed E-state index contributed by atoms with van der Waals surface area (Å²) in [5.74, 6) is 0.773. The van der Waals surface area contributed by atoms with Gasteiger partial charge in [-0.1, -0.05) is 6.92 Å².